The van der Waals surface area contributed by atoms with Crippen LogP contribution < -0.4 is 10.1 Å². The van der Waals surface area contributed by atoms with Crippen LogP contribution in [0, 0.1) is 6.92 Å². The first-order valence-corrected chi connectivity index (χ1v) is 7.56. The Hall–Kier alpha value is -3.15. The molecule has 1 N–H and O–H groups in total. The zero-order valence-corrected chi connectivity index (χ0v) is 13.6. The van der Waals surface area contributed by atoms with Gasteiger partial charge in [-0.1, -0.05) is 41.1 Å². The number of aromatic nitrogens is 3. The molecule has 0 bridgehead atoms. The number of carbonyl (C=O) groups is 1. The van der Waals surface area contributed by atoms with Gasteiger partial charge in [-0.3, -0.25) is 4.79 Å². The van der Waals surface area contributed by atoms with Gasteiger partial charge in [0.1, 0.15) is 5.75 Å². The zero-order chi connectivity index (χ0) is 16.9. The zero-order valence-electron chi connectivity index (χ0n) is 13.6. The topological polar surface area (TPSA) is 69.0 Å². The number of benzene rings is 2. The molecular weight excluding hydrogens is 304 g/mol. The highest BCUT2D eigenvalue weighted by Gasteiger charge is 2.11. The molecule has 0 aliphatic heterocycles. The van der Waals surface area contributed by atoms with Crippen LogP contribution >= 0.6 is 0 Å². The van der Waals surface area contributed by atoms with Crippen LogP contribution in [-0.4, -0.2) is 28.0 Å². The van der Waals surface area contributed by atoms with Crippen molar-refractivity contribution in [3.05, 3.63) is 71.5 Å². The van der Waals surface area contributed by atoms with Crippen LogP contribution in [0.3, 0.4) is 0 Å². The lowest BCUT2D eigenvalue weighted by molar-refractivity contribution is 0.0946. The third-order valence-electron chi connectivity index (χ3n) is 3.62. The number of rotatable bonds is 5. The summed E-state index contributed by atoms with van der Waals surface area (Å²) in [6.07, 6.45) is 1.60. The Kier molecular flexibility index (Phi) is 4.56. The predicted octanol–water partition coefficient (Wildman–Crippen LogP) is 2.51. The maximum absolute atomic E-state index is 12.2. The lowest BCUT2D eigenvalue weighted by Gasteiger charge is -2.04. The number of hydrogen-bond donors (Lipinski definition) is 1. The van der Waals surface area contributed by atoms with Crippen molar-refractivity contribution in [2.45, 2.75) is 13.5 Å². The predicted molar refractivity (Wildman–Crippen MR) is 90.3 cm³/mol. The molecule has 6 nitrogen and oxygen atoms in total. The van der Waals surface area contributed by atoms with Crippen molar-refractivity contribution in [3.8, 4) is 11.4 Å². The summed E-state index contributed by atoms with van der Waals surface area (Å²) in [5, 5.41) is 10.8. The van der Waals surface area contributed by atoms with Gasteiger partial charge in [0, 0.05) is 12.6 Å². The van der Waals surface area contributed by atoms with Gasteiger partial charge in [0.25, 0.3) is 5.91 Å². The fourth-order valence-corrected chi connectivity index (χ4v) is 2.23. The fraction of sp³-hybridized carbons (Fsp3) is 0.167. The highest BCUT2D eigenvalue weighted by atomic mass is 16.5. The minimum absolute atomic E-state index is 0.260. The molecule has 0 atom stereocenters. The molecule has 0 unspecified atom stereocenters. The van der Waals surface area contributed by atoms with Crippen LogP contribution in [0.4, 0.5) is 0 Å². The smallest absolute Gasteiger partial charge is 0.273 e. The van der Waals surface area contributed by atoms with E-state index in [2.05, 4.69) is 15.6 Å². The van der Waals surface area contributed by atoms with E-state index in [-0.39, 0.29) is 11.6 Å². The van der Waals surface area contributed by atoms with Crippen molar-refractivity contribution in [1.29, 1.82) is 0 Å². The van der Waals surface area contributed by atoms with E-state index in [9.17, 15) is 4.79 Å². The van der Waals surface area contributed by atoms with Gasteiger partial charge in [0.2, 0.25) is 0 Å². The summed E-state index contributed by atoms with van der Waals surface area (Å²) < 4.78 is 6.73. The molecule has 1 amide bonds. The molecule has 3 rings (SSSR count). The molecule has 122 valence electrons. The summed E-state index contributed by atoms with van der Waals surface area (Å²) in [5.41, 5.74) is 3.27. The molecule has 0 saturated carbocycles. The maximum Gasteiger partial charge on any atom is 0.273 e. The average Bonchev–Trinajstić information content (AvgIpc) is 3.11. The third kappa shape index (κ3) is 3.60. The van der Waals surface area contributed by atoms with Crippen molar-refractivity contribution in [3.63, 3.8) is 0 Å². The third-order valence-corrected chi connectivity index (χ3v) is 3.62. The largest absolute Gasteiger partial charge is 0.497 e. The van der Waals surface area contributed by atoms with Gasteiger partial charge in [-0.25, -0.2) is 4.68 Å². The van der Waals surface area contributed by atoms with E-state index in [1.54, 1.807) is 18.0 Å². The molecule has 0 aliphatic carbocycles. The molecule has 0 fully saturated rings. The Morgan fingerprint density at radius 1 is 1.21 bits per heavy atom. The number of nitrogens with zero attached hydrogens (tertiary/aromatic N) is 3. The van der Waals surface area contributed by atoms with Gasteiger partial charge in [0.05, 0.1) is 19.0 Å². The lowest BCUT2D eigenvalue weighted by Crippen LogP contribution is -2.23. The standard InChI is InChI=1S/C18H18N4O2/c1-13-6-8-14(9-7-13)11-19-18(23)17-12-22(21-20-17)15-4-3-5-16(10-15)24-2/h3-10,12H,11H2,1-2H3,(H,19,23). The summed E-state index contributed by atoms with van der Waals surface area (Å²) in [6, 6.07) is 15.4. The van der Waals surface area contributed by atoms with Crippen molar-refractivity contribution in [1.82, 2.24) is 20.3 Å². The van der Waals surface area contributed by atoms with Crippen LogP contribution in [0.5, 0.6) is 5.75 Å². The van der Waals surface area contributed by atoms with Gasteiger partial charge < -0.3 is 10.1 Å². The van der Waals surface area contributed by atoms with E-state index in [4.69, 9.17) is 4.74 Å². The second-order valence-corrected chi connectivity index (χ2v) is 5.42. The van der Waals surface area contributed by atoms with E-state index in [0.29, 0.717) is 12.3 Å². The monoisotopic (exact) mass is 322 g/mol. The van der Waals surface area contributed by atoms with Gasteiger partial charge in [-0.2, -0.15) is 0 Å². The SMILES string of the molecule is COc1cccc(-n2cc(C(=O)NCc3ccc(C)cc3)nn2)c1. The molecule has 1 heterocycles. The molecule has 24 heavy (non-hydrogen) atoms. The van der Waals surface area contributed by atoms with Gasteiger partial charge in [-0.05, 0) is 24.6 Å². The first kappa shape index (κ1) is 15.7. The van der Waals surface area contributed by atoms with Crippen molar-refractivity contribution < 1.29 is 9.53 Å². The maximum atomic E-state index is 12.2. The summed E-state index contributed by atoms with van der Waals surface area (Å²) >= 11 is 0. The highest BCUT2D eigenvalue weighted by Crippen LogP contribution is 2.15. The molecular formula is C18H18N4O2. The van der Waals surface area contributed by atoms with Gasteiger partial charge in [0.15, 0.2) is 5.69 Å². The first-order chi connectivity index (χ1) is 11.7. The second-order valence-electron chi connectivity index (χ2n) is 5.42. The molecule has 0 spiro atoms. The molecule has 6 heteroatoms. The number of amides is 1. The second kappa shape index (κ2) is 6.95. The molecule has 1 aromatic heterocycles. The number of carbonyl (C=O) groups excluding carboxylic acids is 1. The van der Waals surface area contributed by atoms with Crippen LogP contribution in [0.25, 0.3) is 5.69 Å². The van der Waals surface area contributed by atoms with Crippen LogP contribution in [0.2, 0.25) is 0 Å². The Bertz CT molecular complexity index is 840. The normalized spacial score (nSPS) is 10.4. The van der Waals surface area contributed by atoms with Gasteiger partial charge in [-0.15, -0.1) is 5.10 Å². The molecule has 3 aromatic rings. The number of methoxy groups -OCH3 is 1. The fourth-order valence-electron chi connectivity index (χ4n) is 2.23. The number of nitrogens with one attached hydrogen (secondary N) is 1. The average molecular weight is 322 g/mol. The summed E-state index contributed by atoms with van der Waals surface area (Å²) in [7, 11) is 1.60. The van der Waals surface area contributed by atoms with Crippen molar-refractivity contribution >= 4 is 5.91 Å². The first-order valence-electron chi connectivity index (χ1n) is 7.56. The number of hydrogen-bond acceptors (Lipinski definition) is 4. The van der Waals surface area contributed by atoms with E-state index >= 15 is 0 Å². The Balaban J connectivity index is 1.68. The summed E-state index contributed by atoms with van der Waals surface area (Å²) in [4.78, 5) is 12.2. The Labute approximate surface area is 140 Å². The van der Waals surface area contributed by atoms with E-state index in [0.717, 1.165) is 11.3 Å². The Morgan fingerprint density at radius 3 is 2.75 bits per heavy atom. The quantitative estimate of drug-likeness (QED) is 0.783. The Morgan fingerprint density at radius 2 is 2.00 bits per heavy atom. The van der Waals surface area contributed by atoms with E-state index < -0.39 is 0 Å². The highest BCUT2D eigenvalue weighted by molar-refractivity contribution is 5.91. The molecule has 0 saturated heterocycles. The molecule has 0 aliphatic rings. The summed E-state index contributed by atoms with van der Waals surface area (Å²) in [6.45, 7) is 2.48. The van der Waals surface area contributed by atoms with Crippen LogP contribution in [-0.2, 0) is 6.54 Å². The molecule has 0 radical (unpaired) electrons. The molecule has 2 aromatic carbocycles. The minimum Gasteiger partial charge on any atom is -0.497 e. The number of aryl methyl sites for hydroxylation is 1. The van der Waals surface area contributed by atoms with E-state index in [1.807, 2.05) is 55.5 Å². The van der Waals surface area contributed by atoms with E-state index in [1.165, 1.54) is 5.56 Å². The van der Waals surface area contributed by atoms with Crippen molar-refractivity contribution in [2.75, 3.05) is 7.11 Å². The van der Waals surface area contributed by atoms with Gasteiger partial charge >= 0.3 is 0 Å². The summed E-state index contributed by atoms with van der Waals surface area (Å²) in [5.74, 6) is 0.457. The minimum atomic E-state index is -0.260. The lowest BCUT2D eigenvalue weighted by atomic mass is 10.1. The van der Waals surface area contributed by atoms with Crippen molar-refractivity contribution in [2.24, 2.45) is 0 Å². The van der Waals surface area contributed by atoms with Crippen LogP contribution in [0.15, 0.2) is 54.7 Å². The van der Waals surface area contributed by atoms with Crippen LogP contribution in [0.1, 0.15) is 21.6 Å². The number of ether oxygens (including phenoxy) is 1.